The van der Waals surface area contributed by atoms with Crippen LogP contribution >= 0.6 is 11.6 Å². The maximum atomic E-state index is 11.2. The van der Waals surface area contributed by atoms with Gasteiger partial charge in [0.1, 0.15) is 0 Å². The number of methoxy groups -OCH3 is 1. The van der Waals surface area contributed by atoms with Crippen molar-refractivity contribution in [3.05, 3.63) is 71.1 Å². The predicted molar refractivity (Wildman–Crippen MR) is 89.4 cm³/mol. The third kappa shape index (κ3) is 4.50. The fourth-order valence-corrected chi connectivity index (χ4v) is 2.45. The molecule has 3 nitrogen and oxygen atoms in total. The summed E-state index contributed by atoms with van der Waals surface area (Å²) in [5.74, 6) is -0.0669. The van der Waals surface area contributed by atoms with Crippen LogP contribution in [-0.4, -0.2) is 24.5 Å². The van der Waals surface area contributed by atoms with Gasteiger partial charge in [0.25, 0.3) is 0 Å². The third-order valence-electron chi connectivity index (χ3n) is 3.62. The van der Waals surface area contributed by atoms with Crippen LogP contribution < -0.4 is 0 Å². The van der Waals surface area contributed by atoms with Crippen LogP contribution in [0.2, 0.25) is 5.02 Å². The largest absolute Gasteiger partial charge is 0.466 e. The van der Waals surface area contributed by atoms with Crippen LogP contribution in [0.5, 0.6) is 0 Å². The molecule has 0 aliphatic carbocycles. The van der Waals surface area contributed by atoms with E-state index in [2.05, 4.69) is 35.0 Å². The van der Waals surface area contributed by atoms with Gasteiger partial charge in [0.05, 0.1) is 7.11 Å². The first-order valence-corrected chi connectivity index (χ1v) is 7.63. The van der Waals surface area contributed by atoms with Crippen molar-refractivity contribution in [1.29, 1.82) is 0 Å². The van der Waals surface area contributed by atoms with Crippen molar-refractivity contribution in [2.75, 3.05) is 13.7 Å². The molecule has 1 aliphatic heterocycles. The van der Waals surface area contributed by atoms with Gasteiger partial charge in [-0.1, -0.05) is 42.8 Å². The molecule has 1 aromatic rings. The van der Waals surface area contributed by atoms with E-state index in [-0.39, 0.29) is 11.9 Å². The average molecular weight is 318 g/mol. The summed E-state index contributed by atoms with van der Waals surface area (Å²) in [6, 6.07) is 7.88. The lowest BCUT2D eigenvalue weighted by molar-refractivity contribution is -0.134. The number of esters is 1. The zero-order valence-corrected chi connectivity index (χ0v) is 13.6. The first-order chi connectivity index (χ1) is 10.6. The Labute approximate surface area is 136 Å². The predicted octanol–water partition coefficient (Wildman–Crippen LogP) is 3.96. The van der Waals surface area contributed by atoms with Crippen LogP contribution in [0.25, 0.3) is 0 Å². The Balaban J connectivity index is 2.01. The molecule has 4 heteroatoms. The summed E-state index contributed by atoms with van der Waals surface area (Å²) < 4.78 is 4.62. The van der Waals surface area contributed by atoms with E-state index in [1.807, 2.05) is 30.3 Å². The normalized spacial score (nSPS) is 17.7. The number of carbonyl (C=O) groups is 1. The number of nitrogens with zero attached hydrogens (tertiary/aromatic N) is 1. The minimum absolute atomic E-state index is 0.275. The smallest absolute Gasteiger partial charge is 0.330 e. The molecule has 2 rings (SSSR count). The first-order valence-electron chi connectivity index (χ1n) is 7.25. The number of ether oxygens (including phenoxy) is 1. The van der Waals surface area contributed by atoms with Crippen LogP contribution in [0.4, 0.5) is 0 Å². The second kappa shape index (κ2) is 7.85. The maximum absolute atomic E-state index is 11.2. The van der Waals surface area contributed by atoms with Crippen molar-refractivity contribution >= 4 is 17.6 Å². The van der Waals surface area contributed by atoms with Crippen LogP contribution in [0.1, 0.15) is 12.5 Å². The minimum atomic E-state index is -0.342. The van der Waals surface area contributed by atoms with Gasteiger partial charge in [0.2, 0.25) is 0 Å². The van der Waals surface area contributed by atoms with Crippen LogP contribution in [0, 0.1) is 5.92 Å². The molecule has 0 bridgehead atoms. The molecule has 0 spiro atoms. The fourth-order valence-electron chi connectivity index (χ4n) is 2.22. The summed E-state index contributed by atoms with van der Waals surface area (Å²) in [7, 11) is 1.38. The van der Waals surface area contributed by atoms with Crippen LogP contribution in [-0.2, 0) is 16.0 Å². The molecule has 0 fully saturated rings. The quantitative estimate of drug-likeness (QED) is 0.608. The van der Waals surface area contributed by atoms with Gasteiger partial charge in [-0.25, -0.2) is 4.79 Å². The van der Waals surface area contributed by atoms with E-state index in [1.54, 1.807) is 0 Å². The molecule has 0 amide bonds. The lowest BCUT2D eigenvalue weighted by Gasteiger charge is -2.24. The van der Waals surface area contributed by atoms with E-state index in [1.165, 1.54) is 13.2 Å². The Morgan fingerprint density at radius 1 is 1.41 bits per heavy atom. The molecule has 1 unspecified atom stereocenters. The molecule has 0 saturated carbocycles. The summed E-state index contributed by atoms with van der Waals surface area (Å²) in [5.41, 5.74) is 2.21. The number of carbonyl (C=O) groups excluding carboxylic acids is 1. The second-order valence-electron chi connectivity index (χ2n) is 5.20. The summed E-state index contributed by atoms with van der Waals surface area (Å²) in [5, 5.41) is 0.798. The molecule has 116 valence electrons. The van der Waals surface area contributed by atoms with Gasteiger partial charge in [-0.2, -0.15) is 0 Å². The molecule has 22 heavy (non-hydrogen) atoms. The minimum Gasteiger partial charge on any atom is -0.466 e. The van der Waals surface area contributed by atoms with Crippen molar-refractivity contribution < 1.29 is 9.53 Å². The molecule has 1 heterocycles. The fraction of sp³-hybridized carbons (Fsp3) is 0.278. The molecule has 0 N–H and O–H groups in total. The topological polar surface area (TPSA) is 29.5 Å². The number of benzene rings is 1. The molecule has 1 atom stereocenters. The Hall–Kier alpha value is -2.00. The Morgan fingerprint density at radius 3 is 2.91 bits per heavy atom. The van der Waals surface area contributed by atoms with E-state index < -0.39 is 0 Å². The van der Waals surface area contributed by atoms with E-state index in [0.717, 1.165) is 29.1 Å². The first kappa shape index (κ1) is 16.4. The van der Waals surface area contributed by atoms with Gasteiger partial charge in [0, 0.05) is 36.0 Å². The summed E-state index contributed by atoms with van der Waals surface area (Å²) in [6.45, 7) is 2.93. The summed E-state index contributed by atoms with van der Waals surface area (Å²) >= 11 is 6.18. The van der Waals surface area contributed by atoms with Crippen LogP contribution in [0.3, 0.4) is 0 Å². The number of hydrogen-bond donors (Lipinski definition) is 0. The van der Waals surface area contributed by atoms with E-state index in [0.29, 0.717) is 0 Å². The zero-order chi connectivity index (χ0) is 15.9. The molecule has 1 aromatic carbocycles. The van der Waals surface area contributed by atoms with Crippen molar-refractivity contribution in [3.63, 3.8) is 0 Å². The van der Waals surface area contributed by atoms with Gasteiger partial charge in [-0.3, -0.25) is 0 Å². The van der Waals surface area contributed by atoms with Crippen molar-refractivity contribution in [2.24, 2.45) is 5.92 Å². The summed E-state index contributed by atoms with van der Waals surface area (Å²) in [4.78, 5) is 13.3. The highest BCUT2D eigenvalue weighted by molar-refractivity contribution is 6.31. The highest BCUT2D eigenvalue weighted by atomic mass is 35.5. The lowest BCUT2D eigenvalue weighted by Crippen LogP contribution is -2.19. The summed E-state index contributed by atoms with van der Waals surface area (Å²) in [6.07, 6.45) is 10.4. The Morgan fingerprint density at radius 2 is 2.18 bits per heavy atom. The standard InChI is InChI=1S/C18H20ClNO2/c1-14-9-11-20(13-16(14)7-8-18(21)22-2)12-10-15-5-3-4-6-17(15)19/h3-9,11,13-14H,10,12H2,1-2H3/b8-7+. The molecule has 0 saturated heterocycles. The SMILES string of the molecule is COC(=O)/C=C/C1=CN(CCc2ccccc2Cl)C=CC1C. The number of halogens is 1. The Bertz CT molecular complexity index is 619. The molecule has 0 radical (unpaired) electrons. The third-order valence-corrected chi connectivity index (χ3v) is 3.99. The van der Waals surface area contributed by atoms with Crippen molar-refractivity contribution in [3.8, 4) is 0 Å². The second-order valence-corrected chi connectivity index (χ2v) is 5.60. The van der Waals surface area contributed by atoms with E-state index >= 15 is 0 Å². The van der Waals surface area contributed by atoms with E-state index in [9.17, 15) is 4.79 Å². The van der Waals surface area contributed by atoms with Gasteiger partial charge >= 0.3 is 5.97 Å². The van der Waals surface area contributed by atoms with Gasteiger partial charge < -0.3 is 9.64 Å². The highest BCUT2D eigenvalue weighted by Crippen LogP contribution is 2.21. The monoisotopic (exact) mass is 317 g/mol. The highest BCUT2D eigenvalue weighted by Gasteiger charge is 2.11. The maximum Gasteiger partial charge on any atom is 0.330 e. The molecule has 1 aliphatic rings. The molecule has 0 aromatic heterocycles. The van der Waals surface area contributed by atoms with Gasteiger partial charge in [0.15, 0.2) is 0 Å². The van der Waals surface area contributed by atoms with Gasteiger partial charge in [-0.05, 0) is 29.7 Å². The van der Waals surface area contributed by atoms with Crippen molar-refractivity contribution in [2.45, 2.75) is 13.3 Å². The number of allylic oxidation sites excluding steroid dienone is 3. The number of hydrogen-bond acceptors (Lipinski definition) is 3. The van der Waals surface area contributed by atoms with E-state index in [4.69, 9.17) is 11.6 Å². The molecular weight excluding hydrogens is 298 g/mol. The molecular formula is C18H20ClNO2. The lowest BCUT2D eigenvalue weighted by atomic mass is 9.99. The van der Waals surface area contributed by atoms with Crippen molar-refractivity contribution in [1.82, 2.24) is 4.90 Å². The van der Waals surface area contributed by atoms with Crippen LogP contribution in [0.15, 0.2) is 60.5 Å². The number of rotatable bonds is 5. The Kier molecular flexibility index (Phi) is 5.84. The zero-order valence-electron chi connectivity index (χ0n) is 12.8. The van der Waals surface area contributed by atoms with Gasteiger partial charge in [-0.15, -0.1) is 0 Å². The average Bonchev–Trinajstić information content (AvgIpc) is 2.53.